The summed E-state index contributed by atoms with van der Waals surface area (Å²) >= 11 is 6.21. The molecule has 0 aliphatic carbocycles. The van der Waals surface area contributed by atoms with Gasteiger partial charge in [-0.2, -0.15) is 4.31 Å². The van der Waals surface area contributed by atoms with E-state index in [2.05, 4.69) is 0 Å². The Morgan fingerprint density at radius 2 is 1.65 bits per heavy atom. The summed E-state index contributed by atoms with van der Waals surface area (Å²) in [7, 11) is -1.82. The quantitative estimate of drug-likeness (QED) is 0.565. The van der Waals surface area contributed by atoms with Crippen molar-refractivity contribution >= 4 is 38.3 Å². The molecule has 5 nitrogen and oxygen atoms in total. The van der Waals surface area contributed by atoms with Gasteiger partial charge in [0.25, 0.3) is 0 Å². The van der Waals surface area contributed by atoms with Gasteiger partial charge in [0, 0.05) is 37.6 Å². The van der Waals surface area contributed by atoms with Crippen molar-refractivity contribution in [2.24, 2.45) is 5.92 Å². The Hall–Kier alpha value is -2.41. The van der Waals surface area contributed by atoms with Crippen LogP contribution in [0.25, 0.3) is 10.8 Å². The third kappa shape index (κ3) is 4.61. The molecule has 31 heavy (non-hydrogen) atoms. The predicted octanol–water partition coefficient (Wildman–Crippen LogP) is 4.55. The molecule has 1 heterocycles. The van der Waals surface area contributed by atoms with Crippen LogP contribution in [0.2, 0.25) is 5.02 Å². The van der Waals surface area contributed by atoms with Crippen molar-refractivity contribution < 1.29 is 13.2 Å². The van der Waals surface area contributed by atoms with E-state index in [4.69, 9.17) is 11.6 Å². The first-order valence-corrected chi connectivity index (χ1v) is 12.2. The first-order valence-electron chi connectivity index (χ1n) is 10.3. The monoisotopic (exact) mass is 456 g/mol. The third-order valence-corrected chi connectivity index (χ3v) is 8.17. The lowest BCUT2D eigenvalue weighted by Crippen LogP contribution is -2.43. The molecule has 7 heteroatoms. The topological polar surface area (TPSA) is 57.7 Å². The highest BCUT2D eigenvalue weighted by atomic mass is 35.5. The van der Waals surface area contributed by atoms with Gasteiger partial charge in [0.15, 0.2) is 0 Å². The van der Waals surface area contributed by atoms with Crippen LogP contribution in [0, 0.1) is 5.92 Å². The molecule has 3 aromatic carbocycles. The maximum absolute atomic E-state index is 13.1. The van der Waals surface area contributed by atoms with Crippen LogP contribution in [0.4, 0.5) is 0 Å². The van der Waals surface area contributed by atoms with Gasteiger partial charge in [0.05, 0.1) is 4.90 Å². The molecule has 4 rings (SSSR count). The standard InChI is InChI=1S/C24H25ClN2O3S/c1-26(17-21-8-4-5-9-23(21)25)24(28)19-12-14-27(15-13-19)31(29,30)22-11-10-18-6-2-3-7-20(18)16-22/h2-11,16,19H,12-15,17H2,1H3. The van der Waals surface area contributed by atoms with Crippen LogP contribution in [0.1, 0.15) is 18.4 Å². The molecule has 1 aliphatic rings. The molecule has 0 atom stereocenters. The van der Waals surface area contributed by atoms with Gasteiger partial charge in [-0.3, -0.25) is 4.79 Å². The summed E-state index contributed by atoms with van der Waals surface area (Å²) in [6.07, 6.45) is 1.02. The highest BCUT2D eigenvalue weighted by Gasteiger charge is 2.33. The van der Waals surface area contributed by atoms with Crippen molar-refractivity contribution in [1.29, 1.82) is 0 Å². The average molecular weight is 457 g/mol. The smallest absolute Gasteiger partial charge is 0.243 e. The van der Waals surface area contributed by atoms with E-state index < -0.39 is 10.0 Å². The number of halogens is 1. The lowest BCUT2D eigenvalue weighted by atomic mass is 9.96. The van der Waals surface area contributed by atoms with Gasteiger partial charge in [-0.15, -0.1) is 0 Å². The summed E-state index contributed by atoms with van der Waals surface area (Å²) in [6, 6.07) is 20.4. The highest BCUT2D eigenvalue weighted by Crippen LogP contribution is 2.27. The molecule has 1 aliphatic heterocycles. The number of hydrogen-bond acceptors (Lipinski definition) is 3. The van der Waals surface area contributed by atoms with E-state index in [0.717, 1.165) is 16.3 Å². The maximum Gasteiger partial charge on any atom is 0.243 e. The van der Waals surface area contributed by atoms with E-state index in [1.807, 2.05) is 54.6 Å². The molecule has 0 spiro atoms. The Kier molecular flexibility index (Phi) is 6.32. The SMILES string of the molecule is CN(Cc1ccccc1Cl)C(=O)C1CCN(S(=O)(=O)c2ccc3ccccc3c2)CC1. The van der Waals surface area contributed by atoms with E-state index >= 15 is 0 Å². The van der Waals surface area contributed by atoms with E-state index in [1.165, 1.54) is 4.31 Å². The van der Waals surface area contributed by atoms with Crippen molar-refractivity contribution in [3.63, 3.8) is 0 Å². The lowest BCUT2D eigenvalue weighted by molar-refractivity contribution is -0.135. The Balaban J connectivity index is 1.41. The molecular weight excluding hydrogens is 432 g/mol. The number of piperidine rings is 1. The third-order valence-electron chi connectivity index (χ3n) is 5.90. The second-order valence-corrected chi connectivity index (χ2v) is 10.3. The molecule has 0 unspecified atom stereocenters. The van der Waals surface area contributed by atoms with Crippen molar-refractivity contribution in [3.05, 3.63) is 77.3 Å². The van der Waals surface area contributed by atoms with Crippen LogP contribution >= 0.6 is 11.6 Å². The summed E-state index contributed by atoms with van der Waals surface area (Å²) in [5, 5.41) is 2.54. The van der Waals surface area contributed by atoms with E-state index in [-0.39, 0.29) is 11.8 Å². The zero-order valence-corrected chi connectivity index (χ0v) is 18.9. The number of rotatable bonds is 5. The van der Waals surface area contributed by atoms with Crippen LogP contribution in [0.5, 0.6) is 0 Å². The normalized spacial score (nSPS) is 15.8. The fourth-order valence-corrected chi connectivity index (χ4v) is 5.79. The summed E-state index contributed by atoms with van der Waals surface area (Å²) < 4.78 is 27.8. The summed E-state index contributed by atoms with van der Waals surface area (Å²) in [5.41, 5.74) is 0.899. The van der Waals surface area contributed by atoms with Gasteiger partial charge < -0.3 is 4.90 Å². The molecule has 1 fully saturated rings. The number of sulfonamides is 1. The van der Waals surface area contributed by atoms with E-state index in [9.17, 15) is 13.2 Å². The Labute approximate surface area is 188 Å². The van der Waals surface area contributed by atoms with Gasteiger partial charge in [0.2, 0.25) is 15.9 Å². The van der Waals surface area contributed by atoms with Gasteiger partial charge in [-0.05, 0) is 47.4 Å². The zero-order valence-electron chi connectivity index (χ0n) is 17.4. The molecule has 0 aromatic heterocycles. The lowest BCUT2D eigenvalue weighted by Gasteiger charge is -2.32. The number of hydrogen-bond donors (Lipinski definition) is 0. The first kappa shape index (κ1) is 21.8. The molecule has 3 aromatic rings. The van der Waals surface area contributed by atoms with Gasteiger partial charge in [0.1, 0.15) is 0 Å². The summed E-state index contributed by atoms with van der Waals surface area (Å²) in [4.78, 5) is 14.9. The van der Waals surface area contributed by atoms with Crippen LogP contribution in [0.15, 0.2) is 71.6 Å². The van der Waals surface area contributed by atoms with Crippen LogP contribution in [-0.2, 0) is 21.4 Å². The fourth-order valence-electron chi connectivity index (χ4n) is 4.09. The van der Waals surface area contributed by atoms with Crippen molar-refractivity contribution in [3.8, 4) is 0 Å². The largest absolute Gasteiger partial charge is 0.341 e. The molecule has 0 saturated carbocycles. The molecule has 1 amide bonds. The molecule has 162 valence electrons. The number of carbonyl (C=O) groups is 1. The maximum atomic E-state index is 13.1. The molecule has 1 saturated heterocycles. The molecule has 0 bridgehead atoms. The van der Waals surface area contributed by atoms with Crippen molar-refractivity contribution in [2.75, 3.05) is 20.1 Å². The first-order chi connectivity index (χ1) is 14.9. The Morgan fingerprint density at radius 3 is 2.35 bits per heavy atom. The average Bonchev–Trinajstić information content (AvgIpc) is 2.79. The molecule has 0 radical (unpaired) electrons. The number of fused-ring (bicyclic) bond motifs is 1. The van der Waals surface area contributed by atoms with Crippen molar-refractivity contribution in [2.45, 2.75) is 24.3 Å². The van der Waals surface area contributed by atoms with Gasteiger partial charge in [-0.1, -0.05) is 60.1 Å². The van der Waals surface area contributed by atoms with Crippen LogP contribution in [0.3, 0.4) is 0 Å². The number of benzene rings is 3. The number of nitrogens with zero attached hydrogens (tertiary/aromatic N) is 2. The number of amides is 1. The predicted molar refractivity (Wildman–Crippen MR) is 123 cm³/mol. The minimum Gasteiger partial charge on any atom is -0.341 e. The highest BCUT2D eigenvalue weighted by molar-refractivity contribution is 7.89. The Bertz CT molecular complexity index is 1200. The second kappa shape index (κ2) is 8.99. The number of carbonyl (C=O) groups excluding carboxylic acids is 1. The fraction of sp³-hybridized carbons (Fsp3) is 0.292. The molecular formula is C24H25ClN2O3S. The molecule has 0 N–H and O–H groups in total. The van der Waals surface area contributed by atoms with Crippen molar-refractivity contribution in [1.82, 2.24) is 9.21 Å². The van der Waals surface area contributed by atoms with Gasteiger partial charge in [-0.25, -0.2) is 8.42 Å². The van der Waals surface area contributed by atoms with Gasteiger partial charge >= 0.3 is 0 Å². The minimum atomic E-state index is -3.59. The van der Waals surface area contributed by atoms with E-state index in [1.54, 1.807) is 24.1 Å². The summed E-state index contributed by atoms with van der Waals surface area (Å²) in [6.45, 7) is 1.12. The minimum absolute atomic E-state index is 0.0303. The van der Waals surface area contributed by atoms with Crippen LogP contribution in [-0.4, -0.2) is 43.7 Å². The zero-order chi connectivity index (χ0) is 22.0. The van der Waals surface area contributed by atoms with E-state index in [0.29, 0.717) is 42.4 Å². The Morgan fingerprint density at radius 1 is 1.00 bits per heavy atom. The second-order valence-electron chi connectivity index (χ2n) is 7.97. The summed E-state index contributed by atoms with van der Waals surface area (Å²) in [5.74, 6) is -0.154. The van der Waals surface area contributed by atoms with Crippen LogP contribution < -0.4 is 0 Å².